The highest BCUT2D eigenvalue weighted by atomic mass is 16.4. The number of carbonyl (C=O) groups is 2. The summed E-state index contributed by atoms with van der Waals surface area (Å²) in [5.41, 5.74) is 1.94. The maximum atomic E-state index is 12.3. The van der Waals surface area contributed by atoms with Crippen LogP contribution in [0.1, 0.15) is 31.0 Å². The van der Waals surface area contributed by atoms with E-state index in [4.69, 9.17) is 5.11 Å². The molecule has 7 heteroatoms. The summed E-state index contributed by atoms with van der Waals surface area (Å²) in [5.74, 6) is -0.273. The number of anilines is 1. The molecular formula is C18H24N4O3. The Labute approximate surface area is 147 Å². The summed E-state index contributed by atoms with van der Waals surface area (Å²) >= 11 is 0. The molecule has 0 radical (unpaired) electrons. The van der Waals surface area contributed by atoms with E-state index in [2.05, 4.69) is 15.7 Å². The number of benzene rings is 1. The van der Waals surface area contributed by atoms with Gasteiger partial charge in [-0.2, -0.15) is 5.10 Å². The highest BCUT2D eigenvalue weighted by Gasteiger charge is 2.16. The van der Waals surface area contributed by atoms with E-state index in [9.17, 15) is 9.59 Å². The van der Waals surface area contributed by atoms with E-state index in [1.807, 2.05) is 43.3 Å². The molecular weight excluding hydrogens is 320 g/mol. The minimum absolute atomic E-state index is 0.00345. The summed E-state index contributed by atoms with van der Waals surface area (Å²) < 4.78 is 1.61. The molecule has 1 unspecified atom stereocenters. The first kappa shape index (κ1) is 18.5. The molecule has 0 bridgehead atoms. The maximum Gasteiger partial charge on any atom is 0.320 e. The lowest BCUT2D eigenvalue weighted by Gasteiger charge is -2.18. The summed E-state index contributed by atoms with van der Waals surface area (Å²) in [7, 11) is 1.76. The fourth-order valence-electron chi connectivity index (χ4n) is 2.58. The first-order chi connectivity index (χ1) is 12.0. The predicted molar refractivity (Wildman–Crippen MR) is 95.5 cm³/mol. The first-order valence-corrected chi connectivity index (χ1v) is 8.34. The fraction of sp³-hybridized carbons (Fsp3) is 0.389. The van der Waals surface area contributed by atoms with Crippen LogP contribution in [-0.2, 0) is 24.7 Å². The average molecular weight is 344 g/mol. The number of carboxylic acids is 1. The second-order valence-electron chi connectivity index (χ2n) is 5.92. The number of hydrogen-bond donors (Lipinski definition) is 3. The van der Waals surface area contributed by atoms with Crippen LogP contribution in [0.4, 0.5) is 10.6 Å². The van der Waals surface area contributed by atoms with Gasteiger partial charge in [0.25, 0.3) is 0 Å². The van der Waals surface area contributed by atoms with Crippen molar-refractivity contribution < 1.29 is 14.7 Å². The standard InChI is InChI=1S/C18H24N4O3/c1-3-14-12-16(22(2)21-14)20-18(25)19-15(9-10-17(23)24)11-13-7-5-4-6-8-13/h4-8,12,15H,3,9-11H2,1-2H3,(H,23,24)(H2,19,20,25). The molecule has 0 aliphatic heterocycles. The lowest BCUT2D eigenvalue weighted by molar-refractivity contribution is -0.137. The molecule has 1 heterocycles. The largest absolute Gasteiger partial charge is 0.481 e. The molecule has 0 fully saturated rings. The molecule has 134 valence electrons. The van der Waals surface area contributed by atoms with Crippen molar-refractivity contribution in [1.82, 2.24) is 15.1 Å². The van der Waals surface area contributed by atoms with Gasteiger partial charge in [0, 0.05) is 25.6 Å². The van der Waals surface area contributed by atoms with E-state index in [0.717, 1.165) is 17.7 Å². The van der Waals surface area contributed by atoms with Crippen molar-refractivity contribution in [1.29, 1.82) is 0 Å². The number of nitrogens with zero attached hydrogens (tertiary/aromatic N) is 2. The summed E-state index contributed by atoms with van der Waals surface area (Å²) in [5, 5.41) is 18.9. The lowest BCUT2D eigenvalue weighted by Crippen LogP contribution is -2.40. The number of rotatable bonds is 8. The molecule has 1 aromatic carbocycles. The third-order valence-corrected chi connectivity index (χ3v) is 3.90. The smallest absolute Gasteiger partial charge is 0.320 e. The molecule has 2 aromatic rings. The van der Waals surface area contributed by atoms with Crippen molar-refractivity contribution in [3.05, 3.63) is 47.7 Å². The summed E-state index contributed by atoms with van der Waals surface area (Å²) in [6.07, 6.45) is 1.73. The Morgan fingerprint density at radius 3 is 2.60 bits per heavy atom. The predicted octanol–water partition coefficient (Wildman–Crippen LogP) is 2.58. The Morgan fingerprint density at radius 1 is 1.28 bits per heavy atom. The van der Waals surface area contributed by atoms with Gasteiger partial charge >= 0.3 is 12.0 Å². The number of carbonyl (C=O) groups excluding carboxylic acids is 1. The van der Waals surface area contributed by atoms with E-state index in [1.54, 1.807) is 11.7 Å². The van der Waals surface area contributed by atoms with E-state index < -0.39 is 5.97 Å². The monoisotopic (exact) mass is 344 g/mol. The Kier molecular flexibility index (Phi) is 6.56. The fourth-order valence-corrected chi connectivity index (χ4v) is 2.58. The van der Waals surface area contributed by atoms with E-state index in [1.165, 1.54) is 0 Å². The third kappa shape index (κ3) is 5.95. The van der Waals surface area contributed by atoms with Crippen molar-refractivity contribution in [2.75, 3.05) is 5.32 Å². The molecule has 1 aromatic heterocycles. The van der Waals surface area contributed by atoms with Crippen molar-refractivity contribution >= 4 is 17.8 Å². The zero-order valence-corrected chi connectivity index (χ0v) is 14.5. The number of amides is 2. The van der Waals surface area contributed by atoms with Gasteiger partial charge in [-0.1, -0.05) is 37.3 Å². The zero-order chi connectivity index (χ0) is 18.2. The van der Waals surface area contributed by atoms with Gasteiger partial charge in [0.2, 0.25) is 0 Å². The highest BCUT2D eigenvalue weighted by Crippen LogP contribution is 2.11. The molecule has 2 rings (SSSR count). The first-order valence-electron chi connectivity index (χ1n) is 8.34. The average Bonchev–Trinajstić information content (AvgIpc) is 2.93. The number of aromatic nitrogens is 2. The van der Waals surface area contributed by atoms with Gasteiger partial charge in [-0.05, 0) is 24.8 Å². The normalized spacial score (nSPS) is 11.8. The number of urea groups is 1. The number of aryl methyl sites for hydroxylation is 2. The molecule has 25 heavy (non-hydrogen) atoms. The van der Waals surface area contributed by atoms with Gasteiger partial charge in [-0.25, -0.2) is 4.79 Å². The van der Waals surface area contributed by atoms with Crippen LogP contribution in [0.15, 0.2) is 36.4 Å². The molecule has 0 spiro atoms. The van der Waals surface area contributed by atoms with Crippen molar-refractivity contribution in [3.63, 3.8) is 0 Å². The van der Waals surface area contributed by atoms with Crippen LogP contribution in [-0.4, -0.2) is 32.9 Å². The van der Waals surface area contributed by atoms with Crippen molar-refractivity contribution in [3.8, 4) is 0 Å². The second-order valence-corrected chi connectivity index (χ2v) is 5.92. The molecule has 3 N–H and O–H groups in total. The van der Waals surface area contributed by atoms with Crippen LogP contribution in [0.25, 0.3) is 0 Å². The second kappa shape index (κ2) is 8.86. The van der Waals surface area contributed by atoms with E-state index >= 15 is 0 Å². The topological polar surface area (TPSA) is 96.3 Å². The molecule has 0 saturated carbocycles. The maximum absolute atomic E-state index is 12.3. The summed E-state index contributed by atoms with van der Waals surface area (Å²) in [4.78, 5) is 23.2. The number of hydrogen-bond acceptors (Lipinski definition) is 3. The lowest BCUT2D eigenvalue weighted by atomic mass is 10.0. The van der Waals surface area contributed by atoms with Gasteiger partial charge in [-0.15, -0.1) is 0 Å². The van der Waals surface area contributed by atoms with Crippen LogP contribution < -0.4 is 10.6 Å². The summed E-state index contributed by atoms with van der Waals surface area (Å²) in [6.45, 7) is 1.99. The Hall–Kier alpha value is -2.83. The van der Waals surface area contributed by atoms with Crippen LogP contribution >= 0.6 is 0 Å². The van der Waals surface area contributed by atoms with Crippen LogP contribution in [0, 0.1) is 0 Å². The minimum atomic E-state index is -0.875. The van der Waals surface area contributed by atoms with Crippen molar-refractivity contribution in [2.45, 2.75) is 38.6 Å². The van der Waals surface area contributed by atoms with Crippen molar-refractivity contribution in [2.24, 2.45) is 7.05 Å². The molecule has 7 nitrogen and oxygen atoms in total. The Morgan fingerprint density at radius 2 is 2.00 bits per heavy atom. The van der Waals surface area contributed by atoms with Crippen LogP contribution in [0.3, 0.4) is 0 Å². The van der Waals surface area contributed by atoms with E-state index in [0.29, 0.717) is 18.7 Å². The Bertz CT molecular complexity index is 712. The summed E-state index contributed by atoms with van der Waals surface area (Å²) in [6, 6.07) is 10.9. The number of nitrogens with one attached hydrogen (secondary N) is 2. The van der Waals surface area contributed by atoms with E-state index in [-0.39, 0.29) is 18.5 Å². The molecule has 0 saturated heterocycles. The number of carboxylic acid groups (broad SMARTS) is 1. The third-order valence-electron chi connectivity index (χ3n) is 3.90. The molecule has 0 aliphatic carbocycles. The van der Waals surface area contributed by atoms with Gasteiger partial charge in [0.1, 0.15) is 5.82 Å². The van der Waals surface area contributed by atoms with Gasteiger partial charge < -0.3 is 10.4 Å². The van der Waals surface area contributed by atoms with Gasteiger partial charge in [-0.3, -0.25) is 14.8 Å². The zero-order valence-electron chi connectivity index (χ0n) is 14.5. The minimum Gasteiger partial charge on any atom is -0.481 e. The van der Waals surface area contributed by atoms with Crippen LogP contribution in [0.2, 0.25) is 0 Å². The van der Waals surface area contributed by atoms with Crippen LogP contribution in [0.5, 0.6) is 0 Å². The number of aliphatic carboxylic acids is 1. The molecule has 0 aliphatic rings. The van der Waals surface area contributed by atoms with Gasteiger partial charge in [0.15, 0.2) is 0 Å². The van der Waals surface area contributed by atoms with Gasteiger partial charge in [0.05, 0.1) is 5.69 Å². The molecule has 2 amide bonds. The Balaban J connectivity index is 1.99. The highest BCUT2D eigenvalue weighted by molar-refractivity contribution is 5.88. The SMILES string of the molecule is CCc1cc(NC(=O)NC(CCC(=O)O)Cc2ccccc2)n(C)n1. The quantitative estimate of drug-likeness (QED) is 0.686. The molecule has 1 atom stereocenters.